The third kappa shape index (κ3) is 4.81. The highest BCUT2D eigenvalue weighted by molar-refractivity contribution is 5.79. The summed E-state index contributed by atoms with van der Waals surface area (Å²) in [7, 11) is 0. The fourth-order valence-electron chi connectivity index (χ4n) is 2.54. The van der Waals surface area contributed by atoms with Gasteiger partial charge in [0.15, 0.2) is 0 Å². The summed E-state index contributed by atoms with van der Waals surface area (Å²) in [5.41, 5.74) is 3.53. The minimum atomic E-state index is -0.357. The molecule has 0 aliphatic rings. The van der Waals surface area contributed by atoms with Crippen LogP contribution in [0.5, 0.6) is 0 Å². The molecule has 0 saturated carbocycles. The first-order valence-corrected chi connectivity index (χ1v) is 8.37. The van der Waals surface area contributed by atoms with Crippen LogP contribution >= 0.6 is 0 Å². The first-order chi connectivity index (χ1) is 12.7. The van der Waals surface area contributed by atoms with Crippen molar-refractivity contribution in [1.82, 2.24) is 5.32 Å². The van der Waals surface area contributed by atoms with Crippen LogP contribution in [-0.4, -0.2) is 12.5 Å². The number of hydrogen-bond donors (Lipinski definition) is 1. The number of amides is 1. The Morgan fingerprint density at radius 2 is 1.50 bits per heavy atom. The fraction of sp³-hybridized carbons (Fsp3) is 0.0870. The topological polar surface area (TPSA) is 29.1 Å². The summed E-state index contributed by atoms with van der Waals surface area (Å²) in [5, 5.41) is 2.73. The average Bonchev–Trinajstić information content (AvgIpc) is 2.68. The zero-order valence-electron chi connectivity index (χ0n) is 14.2. The fourth-order valence-corrected chi connectivity index (χ4v) is 2.54. The highest BCUT2D eigenvalue weighted by Crippen LogP contribution is 2.19. The highest BCUT2D eigenvalue weighted by Gasteiger charge is 2.03. The summed E-state index contributed by atoms with van der Waals surface area (Å²) >= 11 is 0. The number of benzene rings is 3. The molecule has 3 rings (SSSR count). The molecular formula is C23H18FNO. The zero-order valence-corrected chi connectivity index (χ0v) is 14.2. The van der Waals surface area contributed by atoms with Crippen molar-refractivity contribution in [3.63, 3.8) is 0 Å². The molecule has 3 aromatic carbocycles. The number of rotatable bonds is 4. The standard InChI is InChI=1S/C23H18FNO/c24-22-11-5-4-9-21(22)10-6-16-25-23(26)17-18-12-14-20(15-13-18)19-7-2-1-3-8-19/h1-5,7-9,11-15H,16-17H2,(H,25,26). The lowest BCUT2D eigenvalue weighted by Gasteiger charge is -2.05. The Kier molecular flexibility index (Phi) is 5.80. The SMILES string of the molecule is O=C(Cc1ccc(-c2ccccc2)cc1)NCC#Cc1ccccc1F. The summed E-state index contributed by atoms with van der Waals surface area (Å²) in [4.78, 5) is 12.0. The molecule has 3 heteroatoms. The summed E-state index contributed by atoms with van der Waals surface area (Å²) in [6.45, 7) is 0.190. The van der Waals surface area contributed by atoms with Gasteiger partial charge in [0.1, 0.15) is 5.82 Å². The molecule has 0 unspecified atom stereocenters. The van der Waals surface area contributed by atoms with Crippen molar-refractivity contribution in [2.45, 2.75) is 6.42 Å². The molecule has 26 heavy (non-hydrogen) atoms. The maximum atomic E-state index is 13.4. The van der Waals surface area contributed by atoms with E-state index >= 15 is 0 Å². The summed E-state index contributed by atoms with van der Waals surface area (Å²) in [6, 6.07) is 24.3. The zero-order chi connectivity index (χ0) is 18.2. The van der Waals surface area contributed by atoms with Gasteiger partial charge in [0, 0.05) is 0 Å². The van der Waals surface area contributed by atoms with E-state index in [-0.39, 0.29) is 24.7 Å². The van der Waals surface area contributed by atoms with Gasteiger partial charge in [-0.05, 0) is 28.8 Å². The average molecular weight is 343 g/mol. The van der Waals surface area contributed by atoms with E-state index in [0.29, 0.717) is 5.56 Å². The molecule has 0 aromatic heterocycles. The first-order valence-electron chi connectivity index (χ1n) is 8.37. The monoisotopic (exact) mass is 343 g/mol. The van der Waals surface area contributed by atoms with Crippen molar-refractivity contribution in [3.05, 3.63) is 95.8 Å². The number of hydrogen-bond acceptors (Lipinski definition) is 1. The van der Waals surface area contributed by atoms with Crippen LogP contribution in [-0.2, 0) is 11.2 Å². The van der Waals surface area contributed by atoms with E-state index < -0.39 is 0 Å². The van der Waals surface area contributed by atoms with E-state index in [2.05, 4.69) is 29.3 Å². The van der Waals surface area contributed by atoms with Crippen LogP contribution in [0.25, 0.3) is 11.1 Å². The van der Waals surface area contributed by atoms with Crippen molar-refractivity contribution >= 4 is 5.91 Å². The van der Waals surface area contributed by atoms with Crippen molar-refractivity contribution in [3.8, 4) is 23.0 Å². The summed E-state index contributed by atoms with van der Waals surface area (Å²) in [6.07, 6.45) is 0.288. The van der Waals surface area contributed by atoms with Gasteiger partial charge in [-0.15, -0.1) is 0 Å². The Labute approximate surface area is 152 Å². The minimum Gasteiger partial charge on any atom is -0.345 e. The molecule has 0 saturated heterocycles. The normalized spacial score (nSPS) is 9.88. The predicted octanol–water partition coefficient (Wildman–Crippen LogP) is 4.20. The smallest absolute Gasteiger partial charge is 0.225 e. The van der Waals surface area contributed by atoms with E-state index in [4.69, 9.17) is 0 Å². The van der Waals surface area contributed by atoms with Crippen LogP contribution in [0.15, 0.2) is 78.9 Å². The van der Waals surface area contributed by atoms with Crippen molar-refractivity contribution in [1.29, 1.82) is 0 Å². The van der Waals surface area contributed by atoms with Gasteiger partial charge in [0.05, 0.1) is 18.5 Å². The Morgan fingerprint density at radius 3 is 2.23 bits per heavy atom. The van der Waals surface area contributed by atoms with Gasteiger partial charge in [-0.3, -0.25) is 4.79 Å². The van der Waals surface area contributed by atoms with Crippen LogP contribution in [0.1, 0.15) is 11.1 Å². The second-order valence-electron chi connectivity index (χ2n) is 5.80. The van der Waals surface area contributed by atoms with Gasteiger partial charge in [-0.25, -0.2) is 4.39 Å². The third-order valence-electron chi connectivity index (χ3n) is 3.90. The Balaban J connectivity index is 1.52. The molecule has 1 amide bonds. The van der Waals surface area contributed by atoms with Crippen molar-refractivity contribution < 1.29 is 9.18 Å². The van der Waals surface area contributed by atoms with Crippen LogP contribution in [0.2, 0.25) is 0 Å². The Hall–Kier alpha value is -3.38. The number of halogens is 1. The van der Waals surface area contributed by atoms with Gasteiger partial charge in [0.25, 0.3) is 0 Å². The lowest BCUT2D eigenvalue weighted by atomic mass is 10.0. The van der Waals surface area contributed by atoms with Gasteiger partial charge >= 0.3 is 0 Å². The van der Waals surface area contributed by atoms with Crippen molar-refractivity contribution in [2.75, 3.05) is 6.54 Å². The maximum Gasteiger partial charge on any atom is 0.225 e. The predicted molar refractivity (Wildman–Crippen MR) is 102 cm³/mol. The molecule has 0 bridgehead atoms. The number of nitrogens with one attached hydrogen (secondary N) is 1. The molecule has 0 radical (unpaired) electrons. The van der Waals surface area contributed by atoms with Crippen molar-refractivity contribution in [2.24, 2.45) is 0 Å². The van der Waals surface area contributed by atoms with Gasteiger partial charge in [0.2, 0.25) is 5.91 Å². The van der Waals surface area contributed by atoms with Crippen LogP contribution < -0.4 is 5.32 Å². The molecule has 0 atom stereocenters. The van der Waals surface area contributed by atoms with E-state index in [1.54, 1.807) is 18.2 Å². The van der Waals surface area contributed by atoms with Crippen LogP contribution in [0.4, 0.5) is 4.39 Å². The first kappa shape index (κ1) is 17.4. The molecule has 128 valence electrons. The molecule has 2 nitrogen and oxygen atoms in total. The van der Waals surface area contributed by atoms with Crippen LogP contribution in [0, 0.1) is 17.7 Å². The molecule has 0 aliphatic heterocycles. The molecular weight excluding hydrogens is 325 g/mol. The molecule has 0 heterocycles. The second kappa shape index (κ2) is 8.64. The maximum absolute atomic E-state index is 13.4. The highest BCUT2D eigenvalue weighted by atomic mass is 19.1. The largest absolute Gasteiger partial charge is 0.345 e. The van der Waals surface area contributed by atoms with Gasteiger partial charge in [-0.1, -0.05) is 78.6 Å². The van der Waals surface area contributed by atoms with E-state index in [1.165, 1.54) is 6.07 Å². The molecule has 3 aromatic rings. The van der Waals surface area contributed by atoms with Gasteiger partial charge in [-0.2, -0.15) is 0 Å². The lowest BCUT2D eigenvalue weighted by Crippen LogP contribution is -2.25. The molecule has 0 spiro atoms. The minimum absolute atomic E-state index is 0.111. The second-order valence-corrected chi connectivity index (χ2v) is 5.80. The summed E-state index contributed by atoms with van der Waals surface area (Å²) in [5.74, 6) is 5.02. The number of carbonyl (C=O) groups excluding carboxylic acids is 1. The number of carbonyl (C=O) groups is 1. The van der Waals surface area contributed by atoms with Crippen LogP contribution in [0.3, 0.4) is 0 Å². The Bertz CT molecular complexity index is 937. The molecule has 0 fully saturated rings. The third-order valence-corrected chi connectivity index (χ3v) is 3.90. The molecule has 1 N–H and O–H groups in total. The van der Waals surface area contributed by atoms with E-state index in [0.717, 1.165) is 16.7 Å². The quantitative estimate of drug-likeness (QED) is 0.707. The van der Waals surface area contributed by atoms with E-state index in [9.17, 15) is 9.18 Å². The molecule has 0 aliphatic carbocycles. The van der Waals surface area contributed by atoms with Gasteiger partial charge < -0.3 is 5.32 Å². The lowest BCUT2D eigenvalue weighted by molar-refractivity contribution is -0.120. The van der Waals surface area contributed by atoms with E-state index in [1.807, 2.05) is 42.5 Å². The summed E-state index contributed by atoms with van der Waals surface area (Å²) < 4.78 is 13.4. The Morgan fingerprint density at radius 1 is 0.846 bits per heavy atom.